The first kappa shape index (κ1) is 8.89. The number of aliphatic carboxylic acids is 1. The van der Waals surface area contributed by atoms with Gasteiger partial charge in [0.1, 0.15) is 11.9 Å². The second kappa shape index (κ2) is 2.69. The van der Waals surface area contributed by atoms with Crippen molar-refractivity contribution < 1.29 is 24.5 Å². The van der Waals surface area contributed by atoms with Crippen LogP contribution in [-0.4, -0.2) is 27.9 Å². The molecule has 0 saturated carbocycles. The molecular formula is C7H6FO4-. The third-order valence-electron chi connectivity index (χ3n) is 1.57. The van der Waals surface area contributed by atoms with Gasteiger partial charge < -0.3 is 20.1 Å². The van der Waals surface area contributed by atoms with Crippen LogP contribution in [0.3, 0.4) is 0 Å². The van der Waals surface area contributed by atoms with Crippen LogP contribution in [0.2, 0.25) is 0 Å². The van der Waals surface area contributed by atoms with Gasteiger partial charge in [0.2, 0.25) is 0 Å². The highest BCUT2D eigenvalue weighted by Crippen LogP contribution is 2.21. The third-order valence-corrected chi connectivity index (χ3v) is 1.57. The summed E-state index contributed by atoms with van der Waals surface area (Å²) in [5, 5.41) is 28.3. The van der Waals surface area contributed by atoms with E-state index in [-0.39, 0.29) is 0 Å². The molecule has 2 N–H and O–H groups in total. The molecular weight excluding hydrogens is 167 g/mol. The van der Waals surface area contributed by atoms with E-state index in [0.717, 1.165) is 12.2 Å². The highest BCUT2D eigenvalue weighted by Gasteiger charge is 2.36. The molecule has 0 aromatic heterocycles. The fourth-order valence-electron chi connectivity index (χ4n) is 0.853. The molecule has 0 spiro atoms. The lowest BCUT2D eigenvalue weighted by Gasteiger charge is -2.30. The Morgan fingerprint density at radius 2 is 2.33 bits per heavy atom. The van der Waals surface area contributed by atoms with Crippen molar-refractivity contribution in [3.05, 3.63) is 24.1 Å². The summed E-state index contributed by atoms with van der Waals surface area (Å²) in [5.41, 5.74) is -2.65. The van der Waals surface area contributed by atoms with Crippen molar-refractivity contribution in [3.63, 3.8) is 0 Å². The van der Waals surface area contributed by atoms with Crippen molar-refractivity contribution in [1.82, 2.24) is 0 Å². The number of carbonyl (C=O) groups is 1. The molecule has 1 aliphatic rings. The van der Waals surface area contributed by atoms with Crippen molar-refractivity contribution in [2.24, 2.45) is 0 Å². The largest absolute Gasteiger partial charge is 0.547 e. The van der Waals surface area contributed by atoms with E-state index in [0.29, 0.717) is 6.08 Å². The summed E-state index contributed by atoms with van der Waals surface area (Å²) in [6, 6.07) is 0. The predicted octanol–water partition coefficient (Wildman–Crippen LogP) is -1.75. The molecule has 4 nitrogen and oxygen atoms in total. The molecule has 0 heterocycles. The molecule has 0 saturated heterocycles. The summed E-state index contributed by atoms with van der Waals surface area (Å²) >= 11 is 0. The minimum absolute atomic E-state index is 0.396. The van der Waals surface area contributed by atoms with Crippen LogP contribution in [0.15, 0.2) is 24.1 Å². The number of hydrogen-bond acceptors (Lipinski definition) is 4. The zero-order valence-corrected chi connectivity index (χ0v) is 5.90. The molecule has 0 unspecified atom stereocenters. The molecule has 66 valence electrons. The van der Waals surface area contributed by atoms with E-state index in [1.165, 1.54) is 0 Å². The molecule has 5 heteroatoms. The summed E-state index contributed by atoms with van der Waals surface area (Å²) < 4.78 is 12.4. The molecule has 0 radical (unpaired) electrons. The average Bonchev–Trinajstić information content (AvgIpc) is 1.97. The van der Waals surface area contributed by atoms with Gasteiger partial charge in [-0.2, -0.15) is 0 Å². The molecule has 0 aromatic rings. The summed E-state index contributed by atoms with van der Waals surface area (Å²) in [6.07, 6.45) is 0.419. The quantitative estimate of drug-likeness (QED) is 0.492. The number of carboxylic acid groups (broad SMARTS) is 1. The maximum absolute atomic E-state index is 12.4. The van der Waals surface area contributed by atoms with Gasteiger partial charge in [0.05, 0.1) is 5.97 Å². The normalized spacial score (nSPS) is 34.6. The SMILES string of the molecule is O=C([O-])[C@@]1(O)C=C(F)C=C[C@@H]1O. The van der Waals surface area contributed by atoms with Crippen LogP contribution in [0.5, 0.6) is 0 Å². The highest BCUT2D eigenvalue weighted by molar-refractivity contribution is 5.80. The minimum atomic E-state index is -2.65. The van der Waals surface area contributed by atoms with Gasteiger partial charge in [-0.05, 0) is 18.2 Å². The Morgan fingerprint density at radius 3 is 2.75 bits per heavy atom. The second-order valence-electron chi connectivity index (χ2n) is 2.45. The van der Waals surface area contributed by atoms with Gasteiger partial charge >= 0.3 is 0 Å². The van der Waals surface area contributed by atoms with Crippen molar-refractivity contribution in [2.75, 3.05) is 0 Å². The van der Waals surface area contributed by atoms with E-state index in [9.17, 15) is 14.3 Å². The van der Waals surface area contributed by atoms with Crippen LogP contribution in [0.4, 0.5) is 4.39 Å². The molecule has 1 rings (SSSR count). The fraction of sp³-hybridized carbons (Fsp3) is 0.286. The van der Waals surface area contributed by atoms with Gasteiger partial charge in [0.15, 0.2) is 5.60 Å². The van der Waals surface area contributed by atoms with Gasteiger partial charge in [-0.1, -0.05) is 0 Å². The number of carbonyl (C=O) groups excluding carboxylic acids is 1. The first-order valence-electron chi connectivity index (χ1n) is 3.15. The molecule has 12 heavy (non-hydrogen) atoms. The molecule has 0 fully saturated rings. The third kappa shape index (κ3) is 1.24. The Balaban J connectivity index is 3.05. The summed E-state index contributed by atoms with van der Waals surface area (Å²) in [5.74, 6) is -2.86. The van der Waals surface area contributed by atoms with Crippen LogP contribution in [0.25, 0.3) is 0 Å². The lowest BCUT2D eigenvalue weighted by molar-refractivity contribution is -0.324. The van der Waals surface area contributed by atoms with Crippen LogP contribution in [0, 0.1) is 0 Å². The summed E-state index contributed by atoms with van der Waals surface area (Å²) in [4.78, 5) is 10.3. The van der Waals surface area contributed by atoms with Crippen LogP contribution in [-0.2, 0) is 4.79 Å². The maximum Gasteiger partial charge on any atom is 0.154 e. The van der Waals surface area contributed by atoms with Gasteiger partial charge in [0, 0.05) is 0 Å². The molecule has 0 aliphatic heterocycles. The maximum atomic E-state index is 12.4. The van der Waals surface area contributed by atoms with Crippen molar-refractivity contribution in [3.8, 4) is 0 Å². The first-order chi connectivity index (χ1) is 5.47. The van der Waals surface area contributed by atoms with Gasteiger partial charge in [0.25, 0.3) is 0 Å². The number of aliphatic hydroxyl groups is 2. The van der Waals surface area contributed by atoms with Crippen molar-refractivity contribution in [2.45, 2.75) is 11.7 Å². The van der Waals surface area contributed by atoms with Crippen LogP contribution >= 0.6 is 0 Å². The predicted molar refractivity (Wildman–Crippen MR) is 34.3 cm³/mol. The molecule has 2 atom stereocenters. The zero-order valence-electron chi connectivity index (χ0n) is 5.90. The molecule has 1 aliphatic carbocycles. The van der Waals surface area contributed by atoms with E-state index >= 15 is 0 Å². The second-order valence-corrected chi connectivity index (χ2v) is 2.45. The smallest absolute Gasteiger partial charge is 0.154 e. The Morgan fingerprint density at radius 1 is 1.75 bits per heavy atom. The van der Waals surface area contributed by atoms with E-state index in [1.807, 2.05) is 0 Å². The van der Waals surface area contributed by atoms with E-state index in [1.54, 1.807) is 0 Å². The Hall–Kier alpha value is -1.20. The van der Waals surface area contributed by atoms with E-state index in [2.05, 4.69) is 0 Å². The van der Waals surface area contributed by atoms with Crippen molar-refractivity contribution in [1.29, 1.82) is 0 Å². The van der Waals surface area contributed by atoms with Gasteiger partial charge in [-0.15, -0.1) is 0 Å². The fourth-order valence-corrected chi connectivity index (χ4v) is 0.853. The summed E-state index contributed by atoms with van der Waals surface area (Å²) in [7, 11) is 0. The number of hydrogen-bond donors (Lipinski definition) is 2. The number of aliphatic hydroxyl groups excluding tert-OH is 1. The lowest BCUT2D eigenvalue weighted by atomic mass is 9.92. The van der Waals surface area contributed by atoms with E-state index in [4.69, 9.17) is 10.2 Å². The number of carboxylic acids is 1. The molecule has 0 amide bonds. The Labute approximate surface area is 67.3 Å². The molecule has 0 bridgehead atoms. The number of rotatable bonds is 1. The molecule has 0 aromatic carbocycles. The van der Waals surface area contributed by atoms with Crippen LogP contribution < -0.4 is 5.11 Å². The minimum Gasteiger partial charge on any atom is -0.547 e. The Kier molecular flexibility index (Phi) is 1.99. The average molecular weight is 173 g/mol. The highest BCUT2D eigenvalue weighted by atomic mass is 19.1. The topological polar surface area (TPSA) is 80.6 Å². The number of halogens is 1. The Bertz CT molecular complexity index is 271. The van der Waals surface area contributed by atoms with Crippen LogP contribution in [0.1, 0.15) is 0 Å². The lowest BCUT2D eigenvalue weighted by Crippen LogP contribution is -2.55. The van der Waals surface area contributed by atoms with E-state index < -0.39 is 23.5 Å². The standard InChI is InChI=1S/C7H7FO4/c8-4-1-2-5(9)7(12,3-4)6(10)11/h1-3,5,9,12H,(H,10,11)/p-1/t5-,7+/m0/s1. The number of allylic oxidation sites excluding steroid dienone is 2. The van der Waals surface area contributed by atoms with Gasteiger partial charge in [-0.25, -0.2) is 4.39 Å². The first-order valence-corrected chi connectivity index (χ1v) is 3.15. The van der Waals surface area contributed by atoms with Gasteiger partial charge in [-0.3, -0.25) is 0 Å². The monoisotopic (exact) mass is 173 g/mol. The summed E-state index contributed by atoms with van der Waals surface area (Å²) in [6.45, 7) is 0. The van der Waals surface area contributed by atoms with Crippen molar-refractivity contribution >= 4 is 5.97 Å². The zero-order chi connectivity index (χ0) is 9.35.